The molecule has 0 spiro atoms. The number of hydrogen-bond donors (Lipinski definition) is 2. The van der Waals surface area contributed by atoms with Crippen molar-refractivity contribution in [3.05, 3.63) is 17.5 Å². The van der Waals surface area contributed by atoms with Crippen molar-refractivity contribution in [3.63, 3.8) is 0 Å². The molecule has 2 N–H and O–H groups in total. The highest BCUT2D eigenvalue weighted by atomic mass is 127. The van der Waals surface area contributed by atoms with Crippen molar-refractivity contribution in [2.75, 3.05) is 25.1 Å². The molecule has 0 bridgehead atoms. The van der Waals surface area contributed by atoms with E-state index in [4.69, 9.17) is 5.10 Å². The van der Waals surface area contributed by atoms with Crippen molar-refractivity contribution >= 4 is 41.7 Å². The second-order valence-electron chi connectivity index (χ2n) is 7.27. The number of guanidine groups is 1. The predicted molar refractivity (Wildman–Crippen MR) is 118 cm³/mol. The average molecular weight is 477 g/mol. The van der Waals surface area contributed by atoms with Crippen molar-refractivity contribution in [2.45, 2.75) is 58.0 Å². The third kappa shape index (κ3) is 5.77. The molecule has 1 saturated heterocycles. The fourth-order valence-electron chi connectivity index (χ4n) is 3.48. The first-order valence-corrected chi connectivity index (χ1v) is 10.4. The molecule has 5 nitrogen and oxygen atoms in total. The van der Waals surface area contributed by atoms with Gasteiger partial charge in [0, 0.05) is 38.3 Å². The van der Waals surface area contributed by atoms with Gasteiger partial charge in [0.05, 0.1) is 5.69 Å². The van der Waals surface area contributed by atoms with Gasteiger partial charge in [0.25, 0.3) is 0 Å². The van der Waals surface area contributed by atoms with Gasteiger partial charge >= 0.3 is 0 Å². The summed E-state index contributed by atoms with van der Waals surface area (Å²) in [7, 11) is 1.87. The van der Waals surface area contributed by atoms with Crippen molar-refractivity contribution < 1.29 is 0 Å². The van der Waals surface area contributed by atoms with E-state index < -0.39 is 0 Å². The van der Waals surface area contributed by atoms with Crippen molar-refractivity contribution in [3.8, 4) is 0 Å². The van der Waals surface area contributed by atoms with E-state index in [0.717, 1.165) is 37.7 Å². The van der Waals surface area contributed by atoms with Crippen LogP contribution in [-0.4, -0.2) is 46.9 Å². The Morgan fingerprint density at radius 1 is 1.36 bits per heavy atom. The first-order valence-electron chi connectivity index (χ1n) is 9.27. The standard InChI is InChI=1S/C18H31N5S.HI/c1-13(2)23-12-15-4-5-16(10-17(15)22-23)21-18(19-3)20-11-14-6-8-24-9-7-14;/h12-14,16H,4-11H2,1-3H3,(H2,19,20,21);1H. The quantitative estimate of drug-likeness (QED) is 0.397. The van der Waals surface area contributed by atoms with Gasteiger partial charge in [0.1, 0.15) is 0 Å². The number of thioether (sulfide) groups is 1. The summed E-state index contributed by atoms with van der Waals surface area (Å²) in [5.41, 5.74) is 2.68. The molecule has 1 aromatic heterocycles. The zero-order valence-electron chi connectivity index (χ0n) is 15.6. The molecule has 0 radical (unpaired) electrons. The van der Waals surface area contributed by atoms with E-state index in [1.165, 1.54) is 35.6 Å². The van der Waals surface area contributed by atoms with Crippen LogP contribution in [0.1, 0.15) is 50.4 Å². The average Bonchev–Trinajstić information content (AvgIpc) is 3.03. The van der Waals surface area contributed by atoms with Crippen LogP contribution >= 0.6 is 35.7 Å². The minimum atomic E-state index is 0. The predicted octanol–water partition coefficient (Wildman–Crippen LogP) is 3.25. The first-order chi connectivity index (χ1) is 11.7. The van der Waals surface area contributed by atoms with Crippen LogP contribution in [0.25, 0.3) is 0 Å². The van der Waals surface area contributed by atoms with Crippen LogP contribution in [0.5, 0.6) is 0 Å². The van der Waals surface area contributed by atoms with Crippen LogP contribution in [0, 0.1) is 5.92 Å². The summed E-state index contributed by atoms with van der Waals surface area (Å²) in [5.74, 6) is 4.36. The maximum atomic E-state index is 4.77. The Balaban J connectivity index is 0.00000225. The molecule has 0 amide bonds. The van der Waals surface area contributed by atoms with E-state index in [9.17, 15) is 0 Å². The van der Waals surface area contributed by atoms with E-state index in [-0.39, 0.29) is 24.0 Å². The van der Waals surface area contributed by atoms with Gasteiger partial charge in [0.2, 0.25) is 0 Å². The first kappa shape index (κ1) is 20.9. The number of halogens is 1. The molecule has 1 aliphatic heterocycles. The molecule has 1 unspecified atom stereocenters. The lowest BCUT2D eigenvalue weighted by Crippen LogP contribution is -2.47. The summed E-state index contributed by atoms with van der Waals surface area (Å²) in [6.07, 6.45) is 8.14. The highest BCUT2D eigenvalue weighted by Gasteiger charge is 2.23. The van der Waals surface area contributed by atoms with Crippen molar-refractivity contribution in [2.24, 2.45) is 10.9 Å². The maximum absolute atomic E-state index is 4.77. The molecule has 0 aromatic carbocycles. The van der Waals surface area contributed by atoms with Gasteiger partial charge in [0.15, 0.2) is 5.96 Å². The molecule has 3 rings (SSSR count). The summed E-state index contributed by atoms with van der Waals surface area (Å²) >= 11 is 2.08. The molecule has 2 heterocycles. The smallest absolute Gasteiger partial charge is 0.191 e. The Morgan fingerprint density at radius 3 is 2.80 bits per heavy atom. The van der Waals surface area contributed by atoms with Crippen LogP contribution < -0.4 is 10.6 Å². The Hall–Kier alpha value is -0.440. The van der Waals surface area contributed by atoms with Crippen LogP contribution in [0.15, 0.2) is 11.2 Å². The van der Waals surface area contributed by atoms with E-state index in [1.54, 1.807) is 0 Å². The van der Waals surface area contributed by atoms with Crippen molar-refractivity contribution in [1.29, 1.82) is 0 Å². The van der Waals surface area contributed by atoms with E-state index >= 15 is 0 Å². The fourth-order valence-corrected chi connectivity index (χ4v) is 4.68. The zero-order chi connectivity index (χ0) is 16.9. The molecule has 1 atom stereocenters. The largest absolute Gasteiger partial charge is 0.356 e. The minimum Gasteiger partial charge on any atom is -0.356 e. The van der Waals surface area contributed by atoms with Gasteiger partial charge in [-0.2, -0.15) is 16.9 Å². The van der Waals surface area contributed by atoms with E-state index in [2.05, 4.69) is 52.1 Å². The molecule has 142 valence electrons. The van der Waals surface area contributed by atoms with Gasteiger partial charge in [-0.25, -0.2) is 0 Å². The van der Waals surface area contributed by atoms with Gasteiger partial charge in [-0.1, -0.05) is 0 Å². The van der Waals surface area contributed by atoms with Crippen molar-refractivity contribution in [1.82, 2.24) is 20.4 Å². The normalized spacial score (nSPS) is 21.6. The lowest BCUT2D eigenvalue weighted by Gasteiger charge is -2.26. The lowest BCUT2D eigenvalue weighted by molar-refractivity contribution is 0.467. The highest BCUT2D eigenvalue weighted by molar-refractivity contribution is 14.0. The molecular formula is C18H32IN5S. The highest BCUT2D eigenvalue weighted by Crippen LogP contribution is 2.23. The SMILES string of the molecule is CN=C(NCC1CCSCC1)NC1CCc2cn(C(C)C)nc2C1.I. The number of aryl methyl sites for hydroxylation is 1. The second-order valence-corrected chi connectivity index (χ2v) is 8.49. The zero-order valence-corrected chi connectivity index (χ0v) is 18.8. The summed E-state index contributed by atoms with van der Waals surface area (Å²) < 4.78 is 2.10. The number of hydrogen-bond acceptors (Lipinski definition) is 3. The van der Waals surface area contributed by atoms with Gasteiger partial charge in [-0.3, -0.25) is 9.67 Å². The molecule has 7 heteroatoms. The minimum absolute atomic E-state index is 0. The third-order valence-corrected chi connectivity index (χ3v) is 6.14. The number of nitrogens with zero attached hydrogens (tertiary/aromatic N) is 3. The molecule has 1 fully saturated rings. The number of aliphatic imine (C=N–C) groups is 1. The van der Waals surface area contributed by atoms with Crippen LogP contribution in [0.2, 0.25) is 0 Å². The van der Waals surface area contributed by atoms with Crippen LogP contribution in [-0.2, 0) is 12.8 Å². The molecular weight excluding hydrogens is 445 g/mol. The fraction of sp³-hybridized carbons (Fsp3) is 0.778. The van der Waals surface area contributed by atoms with Crippen LogP contribution in [0.3, 0.4) is 0 Å². The number of aromatic nitrogens is 2. The topological polar surface area (TPSA) is 54.2 Å². The van der Waals surface area contributed by atoms with Gasteiger partial charge in [-0.15, -0.1) is 24.0 Å². The van der Waals surface area contributed by atoms with Crippen LogP contribution in [0.4, 0.5) is 0 Å². The lowest BCUT2D eigenvalue weighted by atomic mass is 9.94. The summed E-state index contributed by atoms with van der Waals surface area (Å²) in [6.45, 7) is 5.41. The Labute approximate surface area is 173 Å². The molecule has 1 aliphatic carbocycles. The maximum Gasteiger partial charge on any atom is 0.191 e. The molecule has 1 aromatic rings. The summed E-state index contributed by atoms with van der Waals surface area (Å²) in [4.78, 5) is 4.42. The summed E-state index contributed by atoms with van der Waals surface area (Å²) in [6, 6.07) is 0.867. The monoisotopic (exact) mass is 477 g/mol. The molecule has 25 heavy (non-hydrogen) atoms. The molecule has 2 aliphatic rings. The van der Waals surface area contributed by atoms with E-state index in [0.29, 0.717) is 12.1 Å². The number of fused-ring (bicyclic) bond motifs is 1. The third-order valence-electron chi connectivity index (χ3n) is 5.09. The summed E-state index contributed by atoms with van der Waals surface area (Å²) in [5, 5.41) is 11.9. The number of nitrogens with one attached hydrogen (secondary N) is 2. The molecule has 0 saturated carbocycles. The Kier molecular flexibility index (Phi) is 8.38. The number of rotatable bonds is 4. The second kappa shape index (κ2) is 10.0. The van der Waals surface area contributed by atoms with Gasteiger partial charge in [-0.05, 0) is 62.5 Å². The Bertz CT molecular complexity index is 566. The van der Waals surface area contributed by atoms with Gasteiger partial charge < -0.3 is 10.6 Å². The van der Waals surface area contributed by atoms with E-state index in [1.807, 2.05) is 7.05 Å². The Morgan fingerprint density at radius 2 is 2.12 bits per heavy atom.